The highest BCUT2D eigenvalue weighted by molar-refractivity contribution is 5.92. The predicted octanol–water partition coefficient (Wildman–Crippen LogP) is 1.99. The molecule has 1 aliphatic heterocycles. The molecule has 2 rings (SSSR count). The Kier molecular flexibility index (Phi) is 4.35. The minimum Gasteiger partial charge on any atom is -0.508 e. The van der Waals surface area contributed by atoms with Gasteiger partial charge in [-0.1, -0.05) is 13.0 Å². The van der Waals surface area contributed by atoms with E-state index in [9.17, 15) is 14.7 Å². The van der Waals surface area contributed by atoms with Crippen molar-refractivity contribution >= 4 is 17.7 Å². The number of phenolic OH excluding ortho intramolecular Hbond substituents is 1. The number of aromatic hydroxyl groups is 1. The number of likely N-dealkylation sites (tertiary alicyclic amines) is 1. The van der Waals surface area contributed by atoms with Gasteiger partial charge in [-0.25, -0.2) is 4.79 Å². The van der Waals surface area contributed by atoms with Crippen LogP contribution in [0.3, 0.4) is 0 Å². The van der Waals surface area contributed by atoms with Crippen molar-refractivity contribution in [2.24, 2.45) is 11.8 Å². The fourth-order valence-corrected chi connectivity index (χ4v) is 2.70. The molecule has 0 unspecified atom stereocenters. The fraction of sp³-hybridized carbons (Fsp3) is 0.467. The van der Waals surface area contributed by atoms with Gasteiger partial charge in [-0.15, -0.1) is 0 Å². The van der Waals surface area contributed by atoms with Gasteiger partial charge in [0.05, 0.1) is 5.92 Å². The van der Waals surface area contributed by atoms with E-state index < -0.39 is 11.9 Å². The molecular formula is C15H20N2O4. The summed E-state index contributed by atoms with van der Waals surface area (Å²) in [4.78, 5) is 26.8. The third-order valence-electron chi connectivity index (χ3n) is 3.89. The molecule has 0 bridgehead atoms. The van der Waals surface area contributed by atoms with Crippen molar-refractivity contribution in [3.63, 3.8) is 0 Å². The zero-order valence-corrected chi connectivity index (χ0v) is 12.2. The Morgan fingerprint density at radius 3 is 2.62 bits per heavy atom. The lowest BCUT2D eigenvalue weighted by Gasteiger charge is -2.27. The largest absolute Gasteiger partial charge is 0.508 e. The number of carboxylic acid groups (broad SMARTS) is 1. The van der Waals surface area contributed by atoms with Crippen LogP contribution >= 0.6 is 0 Å². The standard InChI is InChI=1S/C15H20N2O4/c1-3-17(11-5-4-6-12(18)7-11)15(21)16-8-10(2)13(9-16)14(19)20/h4-7,10,13,18H,3,8-9H2,1-2H3,(H,19,20)/t10-,13-/m1/s1. The number of phenols is 1. The maximum Gasteiger partial charge on any atom is 0.324 e. The number of amides is 2. The van der Waals surface area contributed by atoms with Gasteiger partial charge in [0.2, 0.25) is 0 Å². The smallest absolute Gasteiger partial charge is 0.324 e. The highest BCUT2D eigenvalue weighted by Crippen LogP contribution is 2.27. The van der Waals surface area contributed by atoms with Crippen LogP contribution in [0.4, 0.5) is 10.5 Å². The molecule has 1 aromatic rings. The van der Waals surface area contributed by atoms with E-state index in [0.717, 1.165) is 0 Å². The number of hydrogen-bond donors (Lipinski definition) is 2. The number of benzene rings is 1. The number of carbonyl (C=O) groups is 2. The van der Waals surface area contributed by atoms with Gasteiger partial charge in [-0.2, -0.15) is 0 Å². The third kappa shape index (κ3) is 3.09. The number of carbonyl (C=O) groups excluding carboxylic acids is 1. The van der Waals surface area contributed by atoms with Crippen LogP contribution in [0.5, 0.6) is 5.75 Å². The van der Waals surface area contributed by atoms with E-state index in [2.05, 4.69) is 0 Å². The molecule has 6 nitrogen and oxygen atoms in total. The minimum absolute atomic E-state index is 0.0608. The summed E-state index contributed by atoms with van der Waals surface area (Å²) >= 11 is 0. The molecule has 1 aromatic carbocycles. The third-order valence-corrected chi connectivity index (χ3v) is 3.89. The van der Waals surface area contributed by atoms with Crippen LogP contribution in [0.1, 0.15) is 13.8 Å². The van der Waals surface area contributed by atoms with E-state index in [4.69, 9.17) is 5.11 Å². The molecule has 0 radical (unpaired) electrons. The van der Waals surface area contributed by atoms with Gasteiger partial charge in [0.25, 0.3) is 0 Å². The normalized spacial score (nSPS) is 21.3. The molecule has 0 spiro atoms. The van der Waals surface area contributed by atoms with Gasteiger partial charge in [0.15, 0.2) is 0 Å². The quantitative estimate of drug-likeness (QED) is 0.892. The number of carboxylic acids is 1. The van der Waals surface area contributed by atoms with Gasteiger partial charge in [-0.05, 0) is 25.0 Å². The number of rotatable bonds is 3. The van der Waals surface area contributed by atoms with E-state index in [0.29, 0.717) is 18.8 Å². The molecule has 1 fully saturated rings. The number of hydrogen-bond acceptors (Lipinski definition) is 3. The van der Waals surface area contributed by atoms with E-state index in [-0.39, 0.29) is 24.2 Å². The summed E-state index contributed by atoms with van der Waals surface area (Å²) in [7, 11) is 0. The Hall–Kier alpha value is -2.24. The van der Waals surface area contributed by atoms with Crippen molar-refractivity contribution in [3.8, 4) is 5.75 Å². The minimum atomic E-state index is -0.863. The molecule has 0 aliphatic carbocycles. The van der Waals surface area contributed by atoms with Crippen molar-refractivity contribution in [2.75, 3.05) is 24.5 Å². The van der Waals surface area contributed by atoms with Crippen LogP contribution in [0.2, 0.25) is 0 Å². The molecule has 1 aliphatic rings. The highest BCUT2D eigenvalue weighted by Gasteiger charge is 2.38. The summed E-state index contributed by atoms with van der Waals surface area (Å²) in [5.74, 6) is -1.35. The molecule has 2 N–H and O–H groups in total. The van der Waals surface area contributed by atoms with Crippen molar-refractivity contribution < 1.29 is 19.8 Å². The van der Waals surface area contributed by atoms with Gasteiger partial charge in [0.1, 0.15) is 5.75 Å². The monoisotopic (exact) mass is 292 g/mol. The lowest BCUT2D eigenvalue weighted by atomic mass is 9.99. The van der Waals surface area contributed by atoms with Crippen LogP contribution in [-0.4, -0.2) is 46.7 Å². The van der Waals surface area contributed by atoms with Crippen LogP contribution in [0.25, 0.3) is 0 Å². The average molecular weight is 292 g/mol. The van der Waals surface area contributed by atoms with Gasteiger partial charge in [-0.3, -0.25) is 9.69 Å². The average Bonchev–Trinajstić information content (AvgIpc) is 2.82. The van der Waals surface area contributed by atoms with Crippen LogP contribution in [0.15, 0.2) is 24.3 Å². The first kappa shape index (κ1) is 15.2. The van der Waals surface area contributed by atoms with E-state index in [1.54, 1.807) is 23.1 Å². The van der Waals surface area contributed by atoms with E-state index >= 15 is 0 Å². The summed E-state index contributed by atoms with van der Waals surface area (Å²) in [6.07, 6.45) is 0. The van der Waals surface area contributed by atoms with Crippen LogP contribution in [0, 0.1) is 11.8 Å². The summed E-state index contributed by atoms with van der Waals surface area (Å²) < 4.78 is 0. The van der Waals surface area contributed by atoms with Gasteiger partial charge in [0, 0.05) is 31.4 Å². The van der Waals surface area contributed by atoms with Gasteiger partial charge >= 0.3 is 12.0 Å². The first-order chi connectivity index (χ1) is 9.93. The Morgan fingerprint density at radius 1 is 1.38 bits per heavy atom. The number of nitrogens with zero attached hydrogens (tertiary/aromatic N) is 2. The summed E-state index contributed by atoms with van der Waals surface area (Å²) in [5, 5.41) is 18.7. The molecule has 0 aromatic heterocycles. The Labute approximate surface area is 123 Å². The van der Waals surface area contributed by atoms with Crippen LogP contribution in [-0.2, 0) is 4.79 Å². The zero-order chi connectivity index (χ0) is 15.6. The summed E-state index contributed by atoms with van der Waals surface area (Å²) in [5.41, 5.74) is 0.605. The van der Waals surface area contributed by atoms with Crippen molar-refractivity contribution in [3.05, 3.63) is 24.3 Å². The molecule has 0 saturated carbocycles. The first-order valence-corrected chi connectivity index (χ1v) is 7.02. The summed E-state index contributed by atoms with van der Waals surface area (Å²) in [6, 6.07) is 6.26. The second kappa shape index (κ2) is 6.03. The molecule has 114 valence electrons. The highest BCUT2D eigenvalue weighted by atomic mass is 16.4. The second-order valence-electron chi connectivity index (χ2n) is 5.37. The second-order valence-corrected chi connectivity index (χ2v) is 5.37. The first-order valence-electron chi connectivity index (χ1n) is 7.02. The molecule has 2 amide bonds. The fourth-order valence-electron chi connectivity index (χ4n) is 2.70. The maximum absolute atomic E-state index is 12.6. The maximum atomic E-state index is 12.6. The number of aliphatic carboxylic acids is 1. The van der Waals surface area contributed by atoms with Crippen molar-refractivity contribution in [1.29, 1.82) is 0 Å². The number of anilines is 1. The van der Waals surface area contributed by atoms with Crippen molar-refractivity contribution in [2.45, 2.75) is 13.8 Å². The molecule has 1 heterocycles. The van der Waals surface area contributed by atoms with Gasteiger partial charge < -0.3 is 15.1 Å². The lowest BCUT2D eigenvalue weighted by molar-refractivity contribution is -0.142. The predicted molar refractivity (Wildman–Crippen MR) is 78.4 cm³/mol. The lowest BCUT2D eigenvalue weighted by Crippen LogP contribution is -2.42. The Morgan fingerprint density at radius 2 is 2.10 bits per heavy atom. The molecular weight excluding hydrogens is 272 g/mol. The molecule has 21 heavy (non-hydrogen) atoms. The molecule has 1 saturated heterocycles. The summed E-state index contributed by atoms with van der Waals surface area (Å²) in [6.45, 7) is 4.80. The Bertz CT molecular complexity index is 546. The molecule has 2 atom stereocenters. The molecule has 6 heteroatoms. The van der Waals surface area contributed by atoms with E-state index in [1.165, 1.54) is 11.0 Å². The van der Waals surface area contributed by atoms with Crippen LogP contribution < -0.4 is 4.90 Å². The number of urea groups is 1. The van der Waals surface area contributed by atoms with Crippen molar-refractivity contribution in [1.82, 2.24) is 4.90 Å². The van der Waals surface area contributed by atoms with E-state index in [1.807, 2.05) is 13.8 Å². The topological polar surface area (TPSA) is 81.1 Å². The Balaban J connectivity index is 2.16. The SMILES string of the molecule is CCN(C(=O)N1C[C@@H](C)[C@H](C(=O)O)C1)c1cccc(O)c1. The zero-order valence-electron chi connectivity index (χ0n) is 12.2.